The lowest BCUT2D eigenvalue weighted by atomic mass is 9.82. The molecule has 0 saturated carbocycles. The highest BCUT2D eigenvalue weighted by molar-refractivity contribution is 7.09. The molecule has 0 spiro atoms. The number of hydrogen-bond donors (Lipinski definition) is 1. The lowest BCUT2D eigenvalue weighted by Crippen LogP contribution is -2.43. The van der Waals surface area contributed by atoms with Crippen molar-refractivity contribution in [2.45, 2.75) is 53.0 Å². The third-order valence-electron chi connectivity index (χ3n) is 2.40. The SMILES string of the molecule is CC(C)(C)CC(C)(C)NCCc1nccs1. The van der Waals surface area contributed by atoms with Crippen LogP contribution in [0.25, 0.3) is 0 Å². The summed E-state index contributed by atoms with van der Waals surface area (Å²) in [4.78, 5) is 4.29. The van der Waals surface area contributed by atoms with E-state index in [1.54, 1.807) is 11.3 Å². The minimum Gasteiger partial charge on any atom is -0.311 e. The third kappa shape index (κ3) is 5.61. The molecule has 0 aromatic carbocycles. The molecule has 1 rings (SSSR count). The van der Waals surface area contributed by atoms with Gasteiger partial charge in [-0.05, 0) is 25.7 Å². The van der Waals surface area contributed by atoms with Crippen molar-refractivity contribution in [1.29, 1.82) is 0 Å². The molecule has 0 aliphatic heterocycles. The van der Waals surface area contributed by atoms with E-state index in [1.807, 2.05) is 11.6 Å². The number of aromatic nitrogens is 1. The van der Waals surface area contributed by atoms with Crippen LogP contribution in [0.4, 0.5) is 0 Å². The molecule has 92 valence electrons. The summed E-state index contributed by atoms with van der Waals surface area (Å²) in [7, 11) is 0. The molecule has 0 radical (unpaired) electrons. The van der Waals surface area contributed by atoms with Gasteiger partial charge in [-0.1, -0.05) is 20.8 Å². The summed E-state index contributed by atoms with van der Waals surface area (Å²) < 4.78 is 0. The van der Waals surface area contributed by atoms with Crippen LogP contribution in [0, 0.1) is 5.41 Å². The van der Waals surface area contributed by atoms with Gasteiger partial charge in [-0.3, -0.25) is 0 Å². The molecular weight excluding hydrogens is 216 g/mol. The lowest BCUT2D eigenvalue weighted by Gasteiger charge is -2.33. The molecule has 0 fully saturated rings. The molecule has 1 aromatic rings. The van der Waals surface area contributed by atoms with Gasteiger partial charge < -0.3 is 5.32 Å². The molecule has 1 heterocycles. The fourth-order valence-corrected chi connectivity index (χ4v) is 2.89. The molecule has 0 unspecified atom stereocenters. The molecule has 3 heteroatoms. The minimum absolute atomic E-state index is 0.204. The van der Waals surface area contributed by atoms with Crippen molar-refractivity contribution in [1.82, 2.24) is 10.3 Å². The zero-order chi connectivity index (χ0) is 12.2. The first-order valence-corrected chi connectivity index (χ1v) is 6.80. The lowest BCUT2D eigenvalue weighted by molar-refractivity contribution is 0.243. The molecule has 0 atom stereocenters. The quantitative estimate of drug-likeness (QED) is 0.852. The number of thiazole rings is 1. The number of rotatable bonds is 5. The van der Waals surface area contributed by atoms with Gasteiger partial charge in [0.05, 0.1) is 5.01 Å². The minimum atomic E-state index is 0.204. The van der Waals surface area contributed by atoms with Crippen molar-refractivity contribution in [3.05, 3.63) is 16.6 Å². The zero-order valence-electron chi connectivity index (χ0n) is 11.1. The van der Waals surface area contributed by atoms with Crippen LogP contribution in [0.5, 0.6) is 0 Å². The third-order valence-corrected chi connectivity index (χ3v) is 3.24. The second-order valence-corrected chi connectivity index (χ2v) is 7.20. The summed E-state index contributed by atoms with van der Waals surface area (Å²) in [5.74, 6) is 0. The predicted molar refractivity (Wildman–Crippen MR) is 72.0 cm³/mol. The van der Waals surface area contributed by atoms with Crippen LogP contribution in [0.2, 0.25) is 0 Å². The molecule has 0 saturated heterocycles. The van der Waals surface area contributed by atoms with Crippen molar-refractivity contribution in [2.75, 3.05) is 6.54 Å². The molecule has 0 bridgehead atoms. The molecule has 0 aliphatic carbocycles. The van der Waals surface area contributed by atoms with E-state index in [4.69, 9.17) is 0 Å². The monoisotopic (exact) mass is 240 g/mol. The normalized spacial score (nSPS) is 13.1. The van der Waals surface area contributed by atoms with E-state index in [9.17, 15) is 0 Å². The maximum Gasteiger partial charge on any atom is 0.0937 e. The average Bonchev–Trinajstić information content (AvgIpc) is 2.51. The topological polar surface area (TPSA) is 24.9 Å². The van der Waals surface area contributed by atoms with Crippen LogP contribution in [0.1, 0.15) is 46.0 Å². The smallest absolute Gasteiger partial charge is 0.0937 e. The first-order chi connectivity index (χ1) is 7.29. The van der Waals surface area contributed by atoms with Crippen molar-refractivity contribution < 1.29 is 0 Å². The molecule has 16 heavy (non-hydrogen) atoms. The van der Waals surface area contributed by atoms with E-state index in [0.29, 0.717) is 5.41 Å². The molecule has 1 aromatic heterocycles. The molecule has 0 aliphatic rings. The van der Waals surface area contributed by atoms with Gasteiger partial charge in [0.2, 0.25) is 0 Å². The Bertz CT molecular complexity index is 296. The highest BCUT2D eigenvalue weighted by Gasteiger charge is 2.24. The van der Waals surface area contributed by atoms with Gasteiger partial charge in [-0.2, -0.15) is 0 Å². The Morgan fingerprint density at radius 1 is 1.25 bits per heavy atom. The van der Waals surface area contributed by atoms with E-state index >= 15 is 0 Å². The summed E-state index contributed by atoms with van der Waals surface area (Å²) in [6.07, 6.45) is 4.09. The van der Waals surface area contributed by atoms with E-state index in [0.717, 1.165) is 13.0 Å². The molecular formula is C13H24N2S. The van der Waals surface area contributed by atoms with E-state index in [2.05, 4.69) is 44.9 Å². The Hall–Kier alpha value is -0.410. The number of hydrogen-bond acceptors (Lipinski definition) is 3. The van der Waals surface area contributed by atoms with Crippen molar-refractivity contribution in [3.63, 3.8) is 0 Å². The van der Waals surface area contributed by atoms with Crippen LogP contribution in [0.3, 0.4) is 0 Å². The summed E-state index contributed by atoms with van der Waals surface area (Å²) in [6.45, 7) is 12.4. The van der Waals surface area contributed by atoms with Crippen molar-refractivity contribution in [2.24, 2.45) is 5.41 Å². The average molecular weight is 240 g/mol. The van der Waals surface area contributed by atoms with Crippen LogP contribution in [-0.4, -0.2) is 17.1 Å². The maximum atomic E-state index is 4.29. The van der Waals surface area contributed by atoms with E-state index in [1.165, 1.54) is 11.4 Å². The Morgan fingerprint density at radius 2 is 1.94 bits per heavy atom. The largest absolute Gasteiger partial charge is 0.311 e. The molecule has 2 nitrogen and oxygen atoms in total. The first kappa shape index (κ1) is 13.7. The van der Waals surface area contributed by atoms with Gasteiger partial charge in [-0.25, -0.2) is 4.98 Å². The van der Waals surface area contributed by atoms with Crippen LogP contribution < -0.4 is 5.32 Å². The Morgan fingerprint density at radius 3 is 2.44 bits per heavy atom. The standard InChI is InChI=1S/C13H24N2S/c1-12(2,3)10-13(4,5)15-7-6-11-14-8-9-16-11/h8-9,15H,6-7,10H2,1-5H3. The summed E-state index contributed by atoms with van der Waals surface area (Å²) in [5.41, 5.74) is 0.577. The highest BCUT2D eigenvalue weighted by atomic mass is 32.1. The maximum absolute atomic E-state index is 4.29. The van der Waals surface area contributed by atoms with E-state index in [-0.39, 0.29) is 5.54 Å². The van der Waals surface area contributed by atoms with Gasteiger partial charge >= 0.3 is 0 Å². The summed E-state index contributed by atoms with van der Waals surface area (Å²) >= 11 is 1.74. The van der Waals surface area contributed by atoms with Gasteiger partial charge in [0, 0.05) is 30.1 Å². The Kier molecular flexibility index (Phi) is 4.51. The summed E-state index contributed by atoms with van der Waals surface area (Å²) in [5, 5.41) is 6.88. The fourth-order valence-electron chi connectivity index (χ4n) is 2.27. The zero-order valence-corrected chi connectivity index (χ0v) is 11.9. The Labute approximate surface area is 103 Å². The van der Waals surface area contributed by atoms with Crippen LogP contribution in [0.15, 0.2) is 11.6 Å². The van der Waals surface area contributed by atoms with Gasteiger partial charge in [0.1, 0.15) is 0 Å². The molecule has 0 amide bonds. The Balaban J connectivity index is 2.31. The highest BCUT2D eigenvalue weighted by Crippen LogP contribution is 2.26. The number of nitrogens with zero attached hydrogens (tertiary/aromatic N) is 1. The van der Waals surface area contributed by atoms with Gasteiger partial charge in [-0.15, -0.1) is 11.3 Å². The van der Waals surface area contributed by atoms with E-state index < -0.39 is 0 Å². The fraction of sp³-hybridized carbons (Fsp3) is 0.769. The predicted octanol–water partition coefficient (Wildman–Crippen LogP) is 3.49. The van der Waals surface area contributed by atoms with Crippen LogP contribution in [-0.2, 0) is 6.42 Å². The van der Waals surface area contributed by atoms with Crippen molar-refractivity contribution in [3.8, 4) is 0 Å². The molecule has 1 N–H and O–H groups in total. The van der Waals surface area contributed by atoms with Gasteiger partial charge in [0.15, 0.2) is 0 Å². The van der Waals surface area contributed by atoms with Crippen molar-refractivity contribution >= 4 is 11.3 Å². The first-order valence-electron chi connectivity index (χ1n) is 5.92. The summed E-state index contributed by atoms with van der Waals surface area (Å²) in [6, 6.07) is 0. The second kappa shape index (κ2) is 5.28. The number of nitrogens with one attached hydrogen (secondary N) is 1. The second-order valence-electron chi connectivity index (χ2n) is 6.22. The van der Waals surface area contributed by atoms with Gasteiger partial charge in [0.25, 0.3) is 0 Å². The van der Waals surface area contributed by atoms with Crippen LogP contribution >= 0.6 is 11.3 Å².